The normalized spacial score (nSPS) is 10.3. The van der Waals surface area contributed by atoms with E-state index in [0.29, 0.717) is 19.4 Å². The molecule has 0 radical (unpaired) electrons. The lowest BCUT2D eigenvalue weighted by Crippen LogP contribution is -2.02. The van der Waals surface area contributed by atoms with Gasteiger partial charge < -0.3 is 14.6 Å². The molecule has 0 atom stereocenters. The zero-order valence-corrected chi connectivity index (χ0v) is 12.6. The highest BCUT2D eigenvalue weighted by atomic mass is 16.5. The van der Waals surface area contributed by atoms with Gasteiger partial charge in [0.25, 0.3) is 0 Å². The SMILES string of the molecule is COC(=O)CCc1cccc(OCc2ccc(CO)cc2)c1. The molecule has 0 saturated carbocycles. The Labute approximate surface area is 130 Å². The molecule has 2 aromatic rings. The molecular formula is C18H20O4. The highest BCUT2D eigenvalue weighted by Gasteiger charge is 2.03. The summed E-state index contributed by atoms with van der Waals surface area (Å²) in [6, 6.07) is 15.3. The van der Waals surface area contributed by atoms with Crippen molar-refractivity contribution in [1.82, 2.24) is 0 Å². The molecule has 4 nitrogen and oxygen atoms in total. The monoisotopic (exact) mass is 300 g/mol. The number of esters is 1. The zero-order valence-electron chi connectivity index (χ0n) is 12.6. The topological polar surface area (TPSA) is 55.8 Å². The van der Waals surface area contributed by atoms with Crippen LogP contribution in [0.25, 0.3) is 0 Å². The summed E-state index contributed by atoms with van der Waals surface area (Å²) in [5, 5.41) is 9.01. The minimum absolute atomic E-state index is 0.0450. The minimum Gasteiger partial charge on any atom is -0.489 e. The first-order chi connectivity index (χ1) is 10.7. The van der Waals surface area contributed by atoms with Gasteiger partial charge in [0.2, 0.25) is 0 Å². The zero-order chi connectivity index (χ0) is 15.8. The average molecular weight is 300 g/mol. The van der Waals surface area contributed by atoms with Gasteiger partial charge in [0.05, 0.1) is 13.7 Å². The third kappa shape index (κ3) is 4.90. The number of carbonyl (C=O) groups excluding carboxylic acids is 1. The van der Waals surface area contributed by atoms with Crippen LogP contribution in [0.2, 0.25) is 0 Å². The van der Waals surface area contributed by atoms with Crippen LogP contribution < -0.4 is 4.74 Å². The van der Waals surface area contributed by atoms with Crippen LogP contribution in [0.5, 0.6) is 5.75 Å². The highest BCUT2D eigenvalue weighted by Crippen LogP contribution is 2.17. The fourth-order valence-corrected chi connectivity index (χ4v) is 2.05. The number of benzene rings is 2. The summed E-state index contributed by atoms with van der Waals surface area (Å²) in [4.78, 5) is 11.2. The van der Waals surface area contributed by atoms with E-state index in [0.717, 1.165) is 22.4 Å². The molecule has 0 aliphatic heterocycles. The second-order valence-corrected chi connectivity index (χ2v) is 4.99. The summed E-state index contributed by atoms with van der Waals surface area (Å²) >= 11 is 0. The van der Waals surface area contributed by atoms with Gasteiger partial charge in [-0.3, -0.25) is 4.79 Å². The van der Waals surface area contributed by atoms with Crippen molar-refractivity contribution in [3.63, 3.8) is 0 Å². The van der Waals surface area contributed by atoms with E-state index < -0.39 is 0 Å². The number of aryl methyl sites for hydroxylation is 1. The Hall–Kier alpha value is -2.33. The maximum absolute atomic E-state index is 11.2. The molecule has 0 fully saturated rings. The number of carbonyl (C=O) groups is 1. The fraction of sp³-hybridized carbons (Fsp3) is 0.278. The summed E-state index contributed by atoms with van der Waals surface area (Å²) in [7, 11) is 1.39. The van der Waals surface area contributed by atoms with Crippen molar-refractivity contribution in [1.29, 1.82) is 0 Å². The molecule has 0 bridgehead atoms. The van der Waals surface area contributed by atoms with Gasteiger partial charge in [0.15, 0.2) is 0 Å². The van der Waals surface area contributed by atoms with Gasteiger partial charge in [0.1, 0.15) is 12.4 Å². The smallest absolute Gasteiger partial charge is 0.305 e. The fourth-order valence-electron chi connectivity index (χ4n) is 2.05. The quantitative estimate of drug-likeness (QED) is 0.799. The Kier molecular flexibility index (Phi) is 5.98. The van der Waals surface area contributed by atoms with Crippen LogP contribution in [-0.4, -0.2) is 18.2 Å². The van der Waals surface area contributed by atoms with Gasteiger partial charge >= 0.3 is 5.97 Å². The van der Waals surface area contributed by atoms with E-state index in [1.165, 1.54) is 7.11 Å². The maximum atomic E-state index is 11.2. The van der Waals surface area contributed by atoms with Gasteiger partial charge in [-0.05, 0) is 35.2 Å². The van der Waals surface area contributed by atoms with Crippen LogP contribution >= 0.6 is 0 Å². The van der Waals surface area contributed by atoms with Gasteiger partial charge in [0, 0.05) is 6.42 Å². The van der Waals surface area contributed by atoms with Crippen molar-refractivity contribution in [2.45, 2.75) is 26.1 Å². The van der Waals surface area contributed by atoms with E-state index >= 15 is 0 Å². The third-order valence-corrected chi connectivity index (χ3v) is 3.35. The Morgan fingerprint density at radius 2 is 1.77 bits per heavy atom. The molecule has 0 aliphatic rings. The van der Waals surface area contributed by atoms with Gasteiger partial charge in [-0.2, -0.15) is 0 Å². The van der Waals surface area contributed by atoms with E-state index in [4.69, 9.17) is 9.84 Å². The number of rotatable bonds is 7. The van der Waals surface area contributed by atoms with Crippen LogP contribution in [0.3, 0.4) is 0 Å². The molecule has 0 spiro atoms. The molecule has 2 rings (SSSR count). The van der Waals surface area contributed by atoms with Gasteiger partial charge in [-0.1, -0.05) is 36.4 Å². The number of hydrogen-bond donors (Lipinski definition) is 1. The number of methoxy groups -OCH3 is 1. The Morgan fingerprint density at radius 3 is 2.45 bits per heavy atom. The Morgan fingerprint density at radius 1 is 1.05 bits per heavy atom. The van der Waals surface area contributed by atoms with Crippen molar-refractivity contribution in [3.05, 3.63) is 65.2 Å². The van der Waals surface area contributed by atoms with E-state index in [1.807, 2.05) is 48.5 Å². The number of aliphatic hydroxyl groups is 1. The van der Waals surface area contributed by atoms with Crippen molar-refractivity contribution in [2.24, 2.45) is 0 Å². The molecule has 2 aromatic carbocycles. The van der Waals surface area contributed by atoms with E-state index in [-0.39, 0.29) is 12.6 Å². The first-order valence-electron chi connectivity index (χ1n) is 7.18. The van der Waals surface area contributed by atoms with Crippen LogP contribution in [0.4, 0.5) is 0 Å². The standard InChI is InChI=1S/C18H20O4/c1-21-18(20)10-9-14-3-2-4-17(11-14)22-13-16-7-5-15(12-19)6-8-16/h2-8,11,19H,9-10,12-13H2,1H3. The molecular weight excluding hydrogens is 280 g/mol. The van der Waals surface area contributed by atoms with Crippen molar-refractivity contribution < 1.29 is 19.4 Å². The average Bonchev–Trinajstić information content (AvgIpc) is 2.58. The molecule has 4 heteroatoms. The van der Waals surface area contributed by atoms with Crippen LogP contribution in [-0.2, 0) is 29.2 Å². The molecule has 1 N–H and O–H groups in total. The van der Waals surface area contributed by atoms with E-state index in [9.17, 15) is 4.79 Å². The lowest BCUT2D eigenvalue weighted by atomic mass is 10.1. The third-order valence-electron chi connectivity index (χ3n) is 3.35. The second-order valence-electron chi connectivity index (χ2n) is 4.99. The summed E-state index contributed by atoms with van der Waals surface area (Å²) in [5.41, 5.74) is 2.96. The predicted molar refractivity (Wildman–Crippen MR) is 83.5 cm³/mol. The van der Waals surface area contributed by atoms with Crippen LogP contribution in [0.15, 0.2) is 48.5 Å². The first-order valence-corrected chi connectivity index (χ1v) is 7.18. The van der Waals surface area contributed by atoms with Crippen LogP contribution in [0, 0.1) is 0 Å². The van der Waals surface area contributed by atoms with Crippen molar-refractivity contribution in [3.8, 4) is 5.75 Å². The van der Waals surface area contributed by atoms with Crippen molar-refractivity contribution in [2.75, 3.05) is 7.11 Å². The van der Waals surface area contributed by atoms with Gasteiger partial charge in [-0.15, -0.1) is 0 Å². The second kappa shape index (κ2) is 8.20. The van der Waals surface area contributed by atoms with Crippen molar-refractivity contribution >= 4 is 5.97 Å². The molecule has 0 aliphatic carbocycles. The van der Waals surface area contributed by atoms with Crippen LogP contribution in [0.1, 0.15) is 23.1 Å². The first kappa shape index (κ1) is 16.0. The summed E-state index contributed by atoms with van der Waals surface area (Å²) in [6.45, 7) is 0.509. The molecule has 0 unspecified atom stereocenters. The summed E-state index contributed by atoms with van der Waals surface area (Å²) < 4.78 is 10.4. The number of aliphatic hydroxyl groups excluding tert-OH is 1. The largest absolute Gasteiger partial charge is 0.489 e. The van der Waals surface area contributed by atoms with Gasteiger partial charge in [-0.25, -0.2) is 0 Å². The minimum atomic E-state index is -0.213. The maximum Gasteiger partial charge on any atom is 0.305 e. The molecule has 0 heterocycles. The molecule has 0 amide bonds. The number of hydrogen-bond acceptors (Lipinski definition) is 4. The molecule has 116 valence electrons. The lowest BCUT2D eigenvalue weighted by molar-refractivity contribution is -0.140. The summed E-state index contributed by atoms with van der Waals surface area (Å²) in [5.74, 6) is 0.559. The molecule has 0 aromatic heterocycles. The molecule has 22 heavy (non-hydrogen) atoms. The Bertz CT molecular complexity index is 605. The van der Waals surface area contributed by atoms with E-state index in [1.54, 1.807) is 0 Å². The highest BCUT2D eigenvalue weighted by molar-refractivity contribution is 5.69. The van der Waals surface area contributed by atoms with E-state index in [2.05, 4.69) is 4.74 Å². The predicted octanol–water partition coefficient (Wildman–Crippen LogP) is 2.86. The molecule has 0 saturated heterocycles. The summed E-state index contributed by atoms with van der Waals surface area (Å²) in [6.07, 6.45) is 0.998. The Balaban J connectivity index is 1.90. The lowest BCUT2D eigenvalue weighted by Gasteiger charge is -2.08. The number of ether oxygens (including phenoxy) is 2.